The van der Waals surface area contributed by atoms with E-state index in [1.54, 1.807) is 36.3 Å². The van der Waals surface area contributed by atoms with Gasteiger partial charge < -0.3 is 19.9 Å². The maximum atomic E-state index is 13.6. The average molecular weight is 446 g/mol. The summed E-state index contributed by atoms with van der Waals surface area (Å²) >= 11 is 0. The first-order valence-electron chi connectivity index (χ1n) is 10.5. The van der Waals surface area contributed by atoms with Crippen molar-refractivity contribution in [2.75, 3.05) is 30.5 Å². The molecule has 1 spiro atoms. The summed E-state index contributed by atoms with van der Waals surface area (Å²) in [4.78, 5) is 35.1. The van der Waals surface area contributed by atoms with Crippen LogP contribution in [0.4, 0.5) is 17.2 Å². The lowest BCUT2D eigenvalue weighted by Crippen LogP contribution is -2.53. The number of amides is 1. The number of anilines is 3. The minimum atomic E-state index is -0.908. The Morgan fingerprint density at radius 1 is 1.12 bits per heavy atom. The molecule has 0 saturated carbocycles. The van der Waals surface area contributed by atoms with Crippen molar-refractivity contribution < 1.29 is 24.2 Å². The molecule has 2 aliphatic rings. The van der Waals surface area contributed by atoms with E-state index < -0.39 is 11.4 Å². The molecular weight excluding hydrogens is 424 g/mol. The third-order valence-electron chi connectivity index (χ3n) is 5.98. The largest absolute Gasteiger partial charge is 0.497 e. The predicted octanol–water partition coefficient (Wildman–Crippen LogP) is 2.67. The topological polar surface area (TPSA) is 114 Å². The first kappa shape index (κ1) is 20.9. The summed E-state index contributed by atoms with van der Waals surface area (Å²) in [5.41, 5.74) is 2.72. The molecule has 9 nitrogen and oxygen atoms in total. The molecule has 2 aliphatic heterocycles. The molecule has 3 heterocycles. The number of fused-ring (bicyclic) bond motifs is 2. The summed E-state index contributed by atoms with van der Waals surface area (Å²) < 4.78 is 10.6. The number of hydrogen-bond donors (Lipinski definition) is 2. The SMILES string of the molecule is COc1ccc(CNc2ncnc3c2N(c2ccc(CC(=O)O)cc2)C(=O)C32COC2)cc1. The number of aromatic nitrogens is 2. The van der Waals surface area contributed by atoms with Crippen LogP contribution in [0.15, 0.2) is 54.9 Å². The van der Waals surface area contributed by atoms with Gasteiger partial charge in [0.2, 0.25) is 5.91 Å². The molecule has 0 aliphatic carbocycles. The van der Waals surface area contributed by atoms with Gasteiger partial charge in [-0.3, -0.25) is 14.5 Å². The van der Waals surface area contributed by atoms with Crippen LogP contribution in [-0.4, -0.2) is 47.3 Å². The van der Waals surface area contributed by atoms with Crippen molar-refractivity contribution in [3.05, 3.63) is 71.7 Å². The van der Waals surface area contributed by atoms with Gasteiger partial charge >= 0.3 is 5.97 Å². The summed E-state index contributed by atoms with van der Waals surface area (Å²) in [6.07, 6.45) is 1.38. The molecule has 1 saturated heterocycles. The Morgan fingerprint density at radius 2 is 1.82 bits per heavy atom. The van der Waals surface area contributed by atoms with Crippen LogP contribution in [0.2, 0.25) is 0 Å². The molecule has 33 heavy (non-hydrogen) atoms. The molecular formula is C24H22N4O5. The van der Waals surface area contributed by atoms with Crippen LogP contribution >= 0.6 is 0 Å². The molecule has 5 rings (SSSR count). The molecule has 0 bridgehead atoms. The highest BCUT2D eigenvalue weighted by Gasteiger charge is 2.59. The quantitative estimate of drug-likeness (QED) is 0.570. The van der Waals surface area contributed by atoms with Gasteiger partial charge in [-0.15, -0.1) is 0 Å². The Morgan fingerprint density at radius 3 is 2.42 bits per heavy atom. The molecule has 1 aromatic heterocycles. The van der Waals surface area contributed by atoms with E-state index in [2.05, 4.69) is 15.3 Å². The van der Waals surface area contributed by atoms with Gasteiger partial charge in [-0.25, -0.2) is 9.97 Å². The third-order valence-corrected chi connectivity index (χ3v) is 5.98. The van der Waals surface area contributed by atoms with Gasteiger partial charge in [-0.2, -0.15) is 0 Å². The van der Waals surface area contributed by atoms with Crippen LogP contribution in [-0.2, 0) is 32.7 Å². The number of carboxylic acids is 1. The Kier molecular flexibility index (Phi) is 5.18. The number of rotatable bonds is 7. The summed E-state index contributed by atoms with van der Waals surface area (Å²) in [5, 5.41) is 12.4. The number of carbonyl (C=O) groups excluding carboxylic acids is 1. The zero-order valence-electron chi connectivity index (χ0n) is 17.9. The number of carbonyl (C=O) groups is 2. The molecule has 1 fully saturated rings. The van der Waals surface area contributed by atoms with Crippen molar-refractivity contribution in [1.82, 2.24) is 9.97 Å². The van der Waals surface area contributed by atoms with E-state index in [1.165, 1.54) is 6.33 Å². The Labute approximate surface area is 190 Å². The number of ether oxygens (including phenoxy) is 2. The van der Waals surface area contributed by atoms with Crippen molar-refractivity contribution in [3.8, 4) is 5.75 Å². The normalized spacial score (nSPS) is 15.8. The summed E-state index contributed by atoms with van der Waals surface area (Å²) in [6, 6.07) is 14.6. The number of methoxy groups -OCH3 is 1. The predicted molar refractivity (Wildman–Crippen MR) is 120 cm³/mol. The van der Waals surface area contributed by atoms with Gasteiger partial charge in [0, 0.05) is 12.2 Å². The summed E-state index contributed by atoms with van der Waals surface area (Å²) in [7, 11) is 1.62. The molecule has 0 atom stereocenters. The lowest BCUT2D eigenvalue weighted by atomic mass is 9.83. The Bertz CT molecular complexity index is 1210. The molecule has 168 valence electrons. The van der Waals surface area contributed by atoms with E-state index in [0.29, 0.717) is 35.0 Å². The fraction of sp³-hybridized carbons (Fsp3) is 0.250. The molecule has 0 unspecified atom stereocenters. The van der Waals surface area contributed by atoms with E-state index in [-0.39, 0.29) is 25.5 Å². The van der Waals surface area contributed by atoms with Crippen molar-refractivity contribution in [2.45, 2.75) is 18.4 Å². The van der Waals surface area contributed by atoms with E-state index in [0.717, 1.165) is 11.3 Å². The molecule has 1 amide bonds. The molecule has 0 radical (unpaired) electrons. The maximum absolute atomic E-state index is 13.6. The number of benzene rings is 2. The van der Waals surface area contributed by atoms with Crippen LogP contribution in [0.1, 0.15) is 16.8 Å². The second kappa shape index (κ2) is 8.18. The van der Waals surface area contributed by atoms with E-state index >= 15 is 0 Å². The Hall–Kier alpha value is -3.98. The number of nitrogens with one attached hydrogen (secondary N) is 1. The van der Waals surface area contributed by atoms with E-state index in [1.807, 2.05) is 24.3 Å². The highest BCUT2D eigenvalue weighted by Crippen LogP contribution is 2.50. The van der Waals surface area contributed by atoms with Crippen molar-refractivity contribution >= 4 is 29.1 Å². The lowest BCUT2D eigenvalue weighted by molar-refractivity contribution is -0.140. The number of carboxylic acid groups (broad SMARTS) is 1. The standard InChI is InChI=1S/C24H22N4O5/c1-32-18-8-4-16(5-9-18)11-25-22-20-21(26-14-27-22)24(12-33-13-24)23(31)28(20)17-6-2-15(3-7-17)10-19(29)30/h2-9,14H,10-13H2,1H3,(H,29,30)(H,25,26,27). The fourth-order valence-corrected chi connectivity index (χ4v) is 4.17. The first-order valence-corrected chi connectivity index (χ1v) is 10.5. The summed E-state index contributed by atoms with van der Waals surface area (Å²) in [6.45, 7) is 1.03. The highest BCUT2D eigenvalue weighted by atomic mass is 16.5. The minimum absolute atomic E-state index is 0.0830. The zero-order chi connectivity index (χ0) is 23.0. The molecule has 2 aromatic carbocycles. The molecule has 3 aromatic rings. The van der Waals surface area contributed by atoms with Crippen LogP contribution in [0.5, 0.6) is 5.75 Å². The average Bonchev–Trinajstić information content (AvgIpc) is 3.07. The van der Waals surface area contributed by atoms with Crippen LogP contribution in [0, 0.1) is 0 Å². The lowest BCUT2D eigenvalue weighted by Gasteiger charge is -2.35. The number of hydrogen-bond acceptors (Lipinski definition) is 7. The van der Waals surface area contributed by atoms with Gasteiger partial charge in [0.15, 0.2) is 5.82 Å². The van der Waals surface area contributed by atoms with E-state index in [9.17, 15) is 9.59 Å². The molecule has 2 N–H and O–H groups in total. The van der Waals surface area contributed by atoms with Crippen molar-refractivity contribution in [2.24, 2.45) is 0 Å². The number of aliphatic carboxylic acids is 1. The molecule has 9 heteroatoms. The second-order valence-corrected chi connectivity index (χ2v) is 8.07. The van der Waals surface area contributed by atoms with Crippen LogP contribution < -0.4 is 15.0 Å². The third kappa shape index (κ3) is 3.56. The second-order valence-electron chi connectivity index (χ2n) is 8.07. The highest BCUT2D eigenvalue weighted by molar-refractivity contribution is 6.15. The maximum Gasteiger partial charge on any atom is 0.307 e. The van der Waals surface area contributed by atoms with Gasteiger partial charge in [0.05, 0.1) is 32.4 Å². The van der Waals surface area contributed by atoms with Crippen LogP contribution in [0.25, 0.3) is 0 Å². The van der Waals surface area contributed by atoms with Gasteiger partial charge in [-0.1, -0.05) is 24.3 Å². The monoisotopic (exact) mass is 446 g/mol. The minimum Gasteiger partial charge on any atom is -0.497 e. The smallest absolute Gasteiger partial charge is 0.307 e. The van der Waals surface area contributed by atoms with Gasteiger partial charge in [0.1, 0.15) is 23.2 Å². The van der Waals surface area contributed by atoms with Gasteiger partial charge in [0.25, 0.3) is 0 Å². The zero-order valence-corrected chi connectivity index (χ0v) is 17.9. The van der Waals surface area contributed by atoms with Crippen LogP contribution in [0.3, 0.4) is 0 Å². The van der Waals surface area contributed by atoms with Crippen molar-refractivity contribution in [1.29, 1.82) is 0 Å². The van der Waals surface area contributed by atoms with E-state index in [4.69, 9.17) is 14.6 Å². The number of nitrogens with zero attached hydrogens (tertiary/aromatic N) is 3. The summed E-state index contributed by atoms with van der Waals surface area (Å²) in [5.74, 6) is 0.288. The Balaban J connectivity index is 1.49. The fourth-order valence-electron chi connectivity index (χ4n) is 4.17. The first-order chi connectivity index (χ1) is 16.0. The van der Waals surface area contributed by atoms with Crippen molar-refractivity contribution in [3.63, 3.8) is 0 Å². The van der Waals surface area contributed by atoms with Gasteiger partial charge in [-0.05, 0) is 35.4 Å².